The number of aromatic nitrogens is 1. The standard InChI is InChI=1S/C19H22FN3O.C6H9N/c1-12-16(11-21-4)19(14(3)24)13(2)23(12)18-10-15(6-7-17(18)20)22-8-5-9-22;1-6-4-2-3-5-7-6/h6-7,10-11H,5,8-9H2,1-4H3;2,4H,3,5H2,1H3. The van der Waals surface area contributed by atoms with E-state index >= 15 is 0 Å². The van der Waals surface area contributed by atoms with Gasteiger partial charge in [0.2, 0.25) is 0 Å². The largest absolute Gasteiger partial charge is 0.371 e. The maximum atomic E-state index is 14.6. The first-order valence-corrected chi connectivity index (χ1v) is 10.7. The van der Waals surface area contributed by atoms with Crippen molar-refractivity contribution < 1.29 is 9.18 Å². The summed E-state index contributed by atoms with van der Waals surface area (Å²) in [6.45, 7) is 10.3. The molecular weight excluding hydrogens is 391 g/mol. The molecule has 0 spiro atoms. The van der Waals surface area contributed by atoms with Crippen LogP contribution in [0.25, 0.3) is 5.69 Å². The summed E-state index contributed by atoms with van der Waals surface area (Å²) in [6, 6.07) is 5.18. The van der Waals surface area contributed by atoms with E-state index in [-0.39, 0.29) is 11.6 Å². The van der Waals surface area contributed by atoms with Gasteiger partial charge < -0.3 is 9.47 Å². The minimum atomic E-state index is -0.296. The molecule has 2 aliphatic rings. The van der Waals surface area contributed by atoms with E-state index in [1.807, 2.05) is 37.5 Å². The highest BCUT2D eigenvalue weighted by molar-refractivity contribution is 6.04. The minimum absolute atomic E-state index is 0.0384. The number of allylic oxidation sites excluding steroid dienone is 1. The molecule has 0 bridgehead atoms. The molecule has 2 aromatic rings. The Balaban J connectivity index is 0.000000330. The lowest BCUT2D eigenvalue weighted by Crippen LogP contribution is -2.37. The number of nitrogens with zero attached hydrogens (tertiary/aromatic N) is 4. The van der Waals surface area contributed by atoms with Gasteiger partial charge >= 0.3 is 0 Å². The van der Waals surface area contributed by atoms with Crippen LogP contribution in [0.4, 0.5) is 10.1 Å². The fraction of sp³-hybridized carbons (Fsp3) is 0.400. The van der Waals surface area contributed by atoms with Gasteiger partial charge in [-0.1, -0.05) is 6.08 Å². The number of Topliss-reactive ketones (excluding diaryl/α,β-unsaturated/α-hetero) is 1. The molecule has 0 unspecified atom stereocenters. The fourth-order valence-electron chi connectivity index (χ4n) is 4.02. The number of ketones is 1. The molecule has 1 aromatic heterocycles. The second kappa shape index (κ2) is 9.86. The number of halogens is 1. The average Bonchev–Trinajstić information content (AvgIpc) is 2.93. The summed E-state index contributed by atoms with van der Waals surface area (Å²) in [4.78, 5) is 22.5. The van der Waals surface area contributed by atoms with Gasteiger partial charge in [-0.15, -0.1) is 0 Å². The molecule has 0 radical (unpaired) electrons. The molecule has 0 N–H and O–H groups in total. The molecule has 164 valence electrons. The Kier molecular flexibility index (Phi) is 7.21. The number of carbonyl (C=O) groups excluding carboxylic acids is 1. The van der Waals surface area contributed by atoms with Crippen molar-refractivity contribution in [1.82, 2.24) is 4.57 Å². The van der Waals surface area contributed by atoms with Gasteiger partial charge in [0.25, 0.3) is 0 Å². The van der Waals surface area contributed by atoms with E-state index in [0.29, 0.717) is 11.3 Å². The zero-order valence-corrected chi connectivity index (χ0v) is 19.1. The third-order valence-corrected chi connectivity index (χ3v) is 5.71. The van der Waals surface area contributed by atoms with Gasteiger partial charge in [-0.2, -0.15) is 0 Å². The van der Waals surface area contributed by atoms with Gasteiger partial charge in [0.1, 0.15) is 5.82 Å². The molecule has 3 heterocycles. The summed E-state index contributed by atoms with van der Waals surface area (Å²) in [5.74, 6) is -0.334. The summed E-state index contributed by atoms with van der Waals surface area (Å²) in [6.07, 6.45) is 8.18. The summed E-state index contributed by atoms with van der Waals surface area (Å²) < 4.78 is 16.4. The van der Waals surface area contributed by atoms with Crippen molar-refractivity contribution in [2.24, 2.45) is 9.98 Å². The number of hydrogen-bond donors (Lipinski definition) is 0. The first-order valence-electron chi connectivity index (χ1n) is 10.7. The Morgan fingerprint density at radius 3 is 2.42 bits per heavy atom. The van der Waals surface area contributed by atoms with E-state index in [4.69, 9.17) is 0 Å². The van der Waals surface area contributed by atoms with Crippen LogP contribution in [0.2, 0.25) is 0 Å². The van der Waals surface area contributed by atoms with Gasteiger partial charge in [-0.3, -0.25) is 14.8 Å². The van der Waals surface area contributed by atoms with Gasteiger partial charge in [0.05, 0.1) is 5.69 Å². The Labute approximate surface area is 184 Å². The summed E-state index contributed by atoms with van der Waals surface area (Å²) in [7, 11) is 1.67. The first kappa shape index (κ1) is 22.7. The van der Waals surface area contributed by atoms with Crippen LogP contribution in [0.5, 0.6) is 0 Å². The number of benzene rings is 1. The topological polar surface area (TPSA) is 50.0 Å². The van der Waals surface area contributed by atoms with E-state index in [1.165, 1.54) is 19.4 Å². The van der Waals surface area contributed by atoms with E-state index in [2.05, 4.69) is 27.0 Å². The molecule has 0 amide bonds. The van der Waals surface area contributed by atoms with E-state index in [0.717, 1.165) is 54.4 Å². The smallest absolute Gasteiger partial charge is 0.162 e. The van der Waals surface area contributed by atoms with Crippen LogP contribution in [0.1, 0.15) is 54.0 Å². The first-order chi connectivity index (χ1) is 14.8. The zero-order chi connectivity index (χ0) is 22.5. The molecular formula is C25H31FN4O. The van der Waals surface area contributed by atoms with Crippen molar-refractivity contribution >= 4 is 23.4 Å². The normalized spacial score (nSPS) is 15.4. The Bertz CT molecular complexity index is 1060. The SMILES string of the molecule is CC1=NCCC=C1.CN=Cc1c(C(C)=O)c(C)n(-c2cc(N3CCC3)ccc2F)c1C. The van der Waals surface area contributed by atoms with Crippen molar-refractivity contribution in [3.05, 3.63) is 58.7 Å². The van der Waals surface area contributed by atoms with Crippen LogP contribution in [-0.2, 0) is 0 Å². The number of hydrogen-bond acceptors (Lipinski definition) is 4. The van der Waals surface area contributed by atoms with Crippen LogP contribution in [-0.4, -0.2) is 49.0 Å². The summed E-state index contributed by atoms with van der Waals surface area (Å²) in [5.41, 5.74) is 5.58. The Morgan fingerprint density at radius 2 is 1.94 bits per heavy atom. The average molecular weight is 423 g/mol. The van der Waals surface area contributed by atoms with Crippen LogP contribution in [0.3, 0.4) is 0 Å². The van der Waals surface area contributed by atoms with Crippen LogP contribution in [0.15, 0.2) is 40.3 Å². The van der Waals surface area contributed by atoms with E-state index in [9.17, 15) is 9.18 Å². The number of carbonyl (C=O) groups is 1. The lowest BCUT2D eigenvalue weighted by molar-refractivity contribution is 0.101. The molecule has 1 saturated heterocycles. The van der Waals surface area contributed by atoms with Crippen molar-refractivity contribution in [3.63, 3.8) is 0 Å². The fourth-order valence-corrected chi connectivity index (χ4v) is 4.02. The lowest BCUT2D eigenvalue weighted by atomic mass is 10.1. The predicted octanol–water partition coefficient (Wildman–Crippen LogP) is 5.10. The van der Waals surface area contributed by atoms with E-state index in [1.54, 1.807) is 13.3 Å². The molecule has 0 aliphatic carbocycles. The zero-order valence-electron chi connectivity index (χ0n) is 19.1. The molecule has 1 aromatic carbocycles. The van der Waals surface area contributed by atoms with E-state index < -0.39 is 0 Å². The minimum Gasteiger partial charge on any atom is -0.371 e. The summed E-state index contributed by atoms with van der Waals surface area (Å²) >= 11 is 0. The highest BCUT2D eigenvalue weighted by Crippen LogP contribution is 2.30. The number of dihydropyridines is 1. The predicted molar refractivity (Wildman–Crippen MR) is 127 cm³/mol. The van der Waals surface area contributed by atoms with Crippen molar-refractivity contribution in [3.8, 4) is 5.69 Å². The van der Waals surface area contributed by atoms with Gasteiger partial charge in [0.15, 0.2) is 5.78 Å². The quantitative estimate of drug-likeness (QED) is 0.508. The highest BCUT2D eigenvalue weighted by atomic mass is 19.1. The monoisotopic (exact) mass is 422 g/mol. The third kappa shape index (κ3) is 4.84. The Morgan fingerprint density at radius 1 is 1.19 bits per heavy atom. The third-order valence-electron chi connectivity index (χ3n) is 5.71. The Hall–Kier alpha value is -3.02. The number of anilines is 1. The van der Waals surface area contributed by atoms with Crippen LogP contribution in [0, 0.1) is 19.7 Å². The second-order valence-electron chi connectivity index (χ2n) is 7.93. The molecule has 0 saturated carbocycles. The molecule has 5 nitrogen and oxygen atoms in total. The molecule has 2 aliphatic heterocycles. The number of rotatable bonds is 4. The van der Waals surface area contributed by atoms with Crippen LogP contribution < -0.4 is 4.90 Å². The highest BCUT2D eigenvalue weighted by Gasteiger charge is 2.23. The van der Waals surface area contributed by atoms with Gasteiger partial charge in [-0.25, -0.2) is 4.39 Å². The van der Waals surface area contributed by atoms with Crippen molar-refractivity contribution in [1.29, 1.82) is 0 Å². The summed E-state index contributed by atoms with van der Waals surface area (Å²) in [5, 5.41) is 0. The van der Waals surface area contributed by atoms with Crippen molar-refractivity contribution in [2.45, 2.75) is 40.5 Å². The van der Waals surface area contributed by atoms with Gasteiger partial charge in [0, 0.05) is 66.8 Å². The molecule has 1 fully saturated rings. The molecule has 4 rings (SSSR count). The second-order valence-corrected chi connectivity index (χ2v) is 7.93. The molecule has 0 atom stereocenters. The maximum Gasteiger partial charge on any atom is 0.162 e. The maximum absolute atomic E-state index is 14.6. The lowest BCUT2D eigenvalue weighted by Gasteiger charge is -2.33. The molecule has 6 heteroatoms. The van der Waals surface area contributed by atoms with Gasteiger partial charge in [-0.05, 0) is 64.8 Å². The number of aliphatic imine (C=N–C) groups is 2. The van der Waals surface area contributed by atoms with Crippen molar-refractivity contribution in [2.75, 3.05) is 31.6 Å². The van der Waals surface area contributed by atoms with Crippen LogP contribution >= 0.6 is 0 Å². The molecule has 31 heavy (non-hydrogen) atoms.